The minimum Gasteiger partial charge on any atom is -0.376 e. The molecule has 150 valence electrons. The summed E-state index contributed by atoms with van der Waals surface area (Å²) in [7, 11) is 1.87. The van der Waals surface area contributed by atoms with E-state index in [4.69, 9.17) is 4.74 Å². The first kappa shape index (κ1) is 19.9. The monoisotopic (exact) mass is 364 g/mol. The summed E-state index contributed by atoms with van der Waals surface area (Å²) in [6.07, 6.45) is 16.6. The van der Waals surface area contributed by atoms with Crippen molar-refractivity contribution in [1.82, 2.24) is 15.5 Å². The van der Waals surface area contributed by atoms with Gasteiger partial charge in [0.25, 0.3) is 0 Å². The van der Waals surface area contributed by atoms with Gasteiger partial charge in [-0.2, -0.15) is 0 Å². The van der Waals surface area contributed by atoms with Gasteiger partial charge in [0.2, 0.25) is 0 Å². The van der Waals surface area contributed by atoms with E-state index in [2.05, 4.69) is 20.5 Å². The maximum absolute atomic E-state index is 6.07. The Morgan fingerprint density at radius 3 is 2.23 bits per heavy atom. The summed E-state index contributed by atoms with van der Waals surface area (Å²) in [4.78, 5) is 7.13. The van der Waals surface area contributed by atoms with Gasteiger partial charge in [0.05, 0.1) is 12.7 Å². The van der Waals surface area contributed by atoms with Gasteiger partial charge in [0.1, 0.15) is 0 Å². The molecule has 2 saturated carbocycles. The number of hydrogen-bond donors (Lipinski definition) is 2. The van der Waals surface area contributed by atoms with E-state index in [0.29, 0.717) is 12.1 Å². The van der Waals surface area contributed by atoms with Crippen LogP contribution < -0.4 is 10.6 Å². The van der Waals surface area contributed by atoms with Crippen molar-refractivity contribution in [1.29, 1.82) is 0 Å². The van der Waals surface area contributed by atoms with E-state index in [0.717, 1.165) is 25.2 Å². The number of ether oxygens (including phenoxy) is 1. The molecule has 1 aliphatic heterocycles. The standard InChI is InChI=1S/C21H40N4O/c1-22-21(23-14-17-26-20-10-4-2-3-5-11-20)24-18-12-15-25(16-13-18)19-8-6-7-9-19/h18-20H,2-17H2,1H3,(H2,22,23,24). The molecule has 0 aromatic carbocycles. The van der Waals surface area contributed by atoms with Crippen LogP contribution >= 0.6 is 0 Å². The quantitative estimate of drug-likeness (QED) is 0.329. The highest BCUT2D eigenvalue weighted by atomic mass is 16.5. The number of guanidine groups is 1. The maximum atomic E-state index is 6.07. The molecule has 0 aromatic heterocycles. The smallest absolute Gasteiger partial charge is 0.191 e. The lowest BCUT2D eigenvalue weighted by atomic mass is 10.0. The van der Waals surface area contributed by atoms with E-state index in [9.17, 15) is 0 Å². The lowest BCUT2D eigenvalue weighted by Gasteiger charge is -2.36. The molecule has 0 atom stereocenters. The fourth-order valence-corrected chi connectivity index (χ4v) is 4.87. The second-order valence-corrected chi connectivity index (χ2v) is 8.38. The molecule has 26 heavy (non-hydrogen) atoms. The highest BCUT2D eigenvalue weighted by Gasteiger charge is 2.27. The molecule has 1 heterocycles. The molecule has 0 unspecified atom stereocenters. The molecular formula is C21H40N4O. The van der Waals surface area contributed by atoms with E-state index >= 15 is 0 Å². The molecule has 0 aromatic rings. The lowest BCUT2D eigenvalue weighted by Crippen LogP contribution is -2.50. The molecule has 1 saturated heterocycles. The zero-order valence-corrected chi connectivity index (χ0v) is 16.8. The average Bonchev–Trinajstić information content (AvgIpc) is 3.09. The van der Waals surface area contributed by atoms with Gasteiger partial charge < -0.3 is 20.3 Å². The molecule has 5 nitrogen and oxygen atoms in total. The maximum Gasteiger partial charge on any atom is 0.191 e. The van der Waals surface area contributed by atoms with E-state index < -0.39 is 0 Å². The summed E-state index contributed by atoms with van der Waals surface area (Å²) in [5, 5.41) is 7.06. The van der Waals surface area contributed by atoms with Crippen molar-refractivity contribution >= 4 is 5.96 Å². The van der Waals surface area contributed by atoms with Crippen molar-refractivity contribution < 1.29 is 4.74 Å². The average molecular weight is 365 g/mol. The van der Waals surface area contributed by atoms with Crippen LogP contribution in [0.1, 0.15) is 77.0 Å². The second-order valence-electron chi connectivity index (χ2n) is 8.38. The summed E-state index contributed by atoms with van der Waals surface area (Å²) in [6, 6.07) is 1.43. The Bertz CT molecular complexity index is 406. The number of piperidine rings is 1. The molecule has 2 aliphatic carbocycles. The SMILES string of the molecule is CN=C(NCCOC1CCCCCC1)NC1CCN(C2CCCC2)CC1. The van der Waals surface area contributed by atoms with Crippen LogP contribution in [0.25, 0.3) is 0 Å². The Kier molecular flexibility index (Phi) is 8.53. The molecular weight excluding hydrogens is 324 g/mol. The molecule has 3 rings (SSSR count). The first-order valence-electron chi connectivity index (χ1n) is 11.2. The van der Waals surface area contributed by atoms with Gasteiger partial charge in [0, 0.05) is 38.8 Å². The largest absolute Gasteiger partial charge is 0.376 e. The number of hydrogen-bond acceptors (Lipinski definition) is 3. The minimum atomic E-state index is 0.481. The summed E-state index contributed by atoms with van der Waals surface area (Å²) < 4.78 is 6.07. The number of likely N-dealkylation sites (tertiary alicyclic amines) is 1. The van der Waals surface area contributed by atoms with Crippen molar-refractivity contribution in [3.63, 3.8) is 0 Å². The number of nitrogens with zero attached hydrogens (tertiary/aromatic N) is 2. The van der Waals surface area contributed by atoms with Gasteiger partial charge in [-0.15, -0.1) is 0 Å². The zero-order valence-electron chi connectivity index (χ0n) is 16.8. The van der Waals surface area contributed by atoms with Gasteiger partial charge in [-0.25, -0.2) is 0 Å². The van der Waals surface area contributed by atoms with Gasteiger partial charge >= 0.3 is 0 Å². The topological polar surface area (TPSA) is 48.9 Å². The van der Waals surface area contributed by atoms with Crippen LogP contribution in [0.4, 0.5) is 0 Å². The molecule has 0 bridgehead atoms. The van der Waals surface area contributed by atoms with Crippen molar-refractivity contribution in [3.8, 4) is 0 Å². The predicted molar refractivity (Wildman–Crippen MR) is 109 cm³/mol. The van der Waals surface area contributed by atoms with Gasteiger partial charge in [-0.05, 0) is 38.5 Å². The summed E-state index contributed by atoms with van der Waals surface area (Å²) in [5.74, 6) is 0.939. The highest BCUT2D eigenvalue weighted by Crippen LogP contribution is 2.26. The first-order chi connectivity index (χ1) is 12.8. The molecule has 5 heteroatoms. The Balaban J connectivity index is 1.28. The summed E-state index contributed by atoms with van der Waals surface area (Å²) in [6.45, 7) is 4.11. The molecule has 0 radical (unpaired) electrons. The third kappa shape index (κ3) is 6.41. The van der Waals surface area contributed by atoms with Crippen molar-refractivity contribution in [3.05, 3.63) is 0 Å². The third-order valence-electron chi connectivity index (χ3n) is 6.49. The van der Waals surface area contributed by atoms with E-state index in [1.54, 1.807) is 0 Å². The molecule has 3 aliphatic rings. The normalized spacial score (nSPS) is 25.3. The van der Waals surface area contributed by atoms with Crippen molar-refractivity contribution in [2.75, 3.05) is 33.3 Å². The lowest BCUT2D eigenvalue weighted by molar-refractivity contribution is 0.0467. The van der Waals surface area contributed by atoms with Gasteiger partial charge in [-0.3, -0.25) is 4.99 Å². The molecule has 2 N–H and O–H groups in total. The van der Waals surface area contributed by atoms with E-state index in [1.165, 1.54) is 90.1 Å². The van der Waals surface area contributed by atoms with Crippen LogP contribution in [0.2, 0.25) is 0 Å². The van der Waals surface area contributed by atoms with Crippen LogP contribution in [0.15, 0.2) is 4.99 Å². The van der Waals surface area contributed by atoms with Crippen LogP contribution in [-0.2, 0) is 4.74 Å². The minimum absolute atomic E-state index is 0.481. The zero-order chi connectivity index (χ0) is 18.0. The second kappa shape index (κ2) is 11.1. The first-order valence-corrected chi connectivity index (χ1v) is 11.2. The Morgan fingerprint density at radius 1 is 0.923 bits per heavy atom. The van der Waals surface area contributed by atoms with Crippen LogP contribution in [0.3, 0.4) is 0 Å². The van der Waals surface area contributed by atoms with E-state index in [1.807, 2.05) is 7.05 Å². The fraction of sp³-hybridized carbons (Fsp3) is 0.952. The number of rotatable bonds is 6. The number of aliphatic imine (C=N–C) groups is 1. The predicted octanol–water partition coefficient (Wildman–Crippen LogP) is 3.30. The van der Waals surface area contributed by atoms with Crippen LogP contribution in [-0.4, -0.2) is 62.3 Å². The third-order valence-corrected chi connectivity index (χ3v) is 6.49. The Morgan fingerprint density at radius 2 is 1.58 bits per heavy atom. The molecule has 0 spiro atoms. The fourth-order valence-electron chi connectivity index (χ4n) is 4.87. The van der Waals surface area contributed by atoms with Crippen LogP contribution in [0, 0.1) is 0 Å². The summed E-state index contributed by atoms with van der Waals surface area (Å²) >= 11 is 0. The highest BCUT2D eigenvalue weighted by molar-refractivity contribution is 5.79. The number of nitrogens with one attached hydrogen (secondary N) is 2. The van der Waals surface area contributed by atoms with Gasteiger partial charge in [-0.1, -0.05) is 38.5 Å². The van der Waals surface area contributed by atoms with Crippen molar-refractivity contribution in [2.45, 2.75) is 95.2 Å². The van der Waals surface area contributed by atoms with Crippen molar-refractivity contribution in [2.24, 2.45) is 4.99 Å². The Labute approximate surface area is 160 Å². The Hall–Kier alpha value is -0.810. The van der Waals surface area contributed by atoms with Gasteiger partial charge in [0.15, 0.2) is 5.96 Å². The van der Waals surface area contributed by atoms with Crippen LogP contribution in [0.5, 0.6) is 0 Å². The molecule has 3 fully saturated rings. The van der Waals surface area contributed by atoms with E-state index in [-0.39, 0.29) is 0 Å². The molecule has 0 amide bonds. The summed E-state index contributed by atoms with van der Waals surface area (Å²) in [5.41, 5.74) is 0.